The van der Waals surface area contributed by atoms with Crippen molar-refractivity contribution in [2.24, 2.45) is 4.99 Å². The monoisotopic (exact) mass is 107 g/mol. The molecule has 0 aromatic rings. The molecule has 2 nitrogen and oxygen atoms in total. The SMILES string of the molecule is [C]#CCC1=NCCN1. The van der Waals surface area contributed by atoms with E-state index in [2.05, 4.69) is 16.2 Å². The molecule has 0 aromatic heterocycles. The number of nitrogens with one attached hydrogen (secondary N) is 1. The Hall–Kier alpha value is -0.970. The lowest BCUT2D eigenvalue weighted by Crippen LogP contribution is -2.17. The van der Waals surface area contributed by atoms with Crippen molar-refractivity contribution in [1.82, 2.24) is 5.32 Å². The third-order valence-corrected chi connectivity index (χ3v) is 0.999. The highest BCUT2D eigenvalue weighted by molar-refractivity contribution is 5.85. The molecule has 1 aliphatic heterocycles. The molecule has 1 heterocycles. The zero-order chi connectivity index (χ0) is 5.82. The van der Waals surface area contributed by atoms with Crippen LogP contribution >= 0.6 is 0 Å². The van der Waals surface area contributed by atoms with Crippen molar-refractivity contribution in [3.8, 4) is 5.92 Å². The first-order valence-electron chi connectivity index (χ1n) is 2.60. The highest BCUT2D eigenvalue weighted by atomic mass is 15.1. The van der Waals surface area contributed by atoms with Crippen molar-refractivity contribution in [3.05, 3.63) is 6.42 Å². The van der Waals surface area contributed by atoms with Crippen LogP contribution in [0.2, 0.25) is 0 Å². The first-order chi connectivity index (χ1) is 3.93. The van der Waals surface area contributed by atoms with Crippen molar-refractivity contribution in [2.45, 2.75) is 6.42 Å². The Balaban J connectivity index is 2.36. The lowest BCUT2D eigenvalue weighted by atomic mass is 10.4. The molecule has 0 saturated heterocycles. The van der Waals surface area contributed by atoms with E-state index in [1.165, 1.54) is 0 Å². The minimum atomic E-state index is 0.542. The minimum absolute atomic E-state index is 0.542. The van der Waals surface area contributed by atoms with E-state index in [-0.39, 0.29) is 0 Å². The Kier molecular flexibility index (Phi) is 1.53. The van der Waals surface area contributed by atoms with Gasteiger partial charge in [0.05, 0.1) is 13.0 Å². The smallest absolute Gasteiger partial charge is 0.109 e. The van der Waals surface area contributed by atoms with Crippen LogP contribution in [0.5, 0.6) is 0 Å². The van der Waals surface area contributed by atoms with E-state index in [1.54, 1.807) is 0 Å². The summed E-state index contributed by atoms with van der Waals surface area (Å²) in [4.78, 5) is 4.05. The van der Waals surface area contributed by atoms with Crippen molar-refractivity contribution < 1.29 is 0 Å². The quantitative estimate of drug-likeness (QED) is 0.467. The van der Waals surface area contributed by atoms with Crippen LogP contribution in [0.1, 0.15) is 6.42 Å². The lowest BCUT2D eigenvalue weighted by Gasteiger charge is -1.91. The van der Waals surface area contributed by atoms with Gasteiger partial charge in [0, 0.05) is 6.54 Å². The second kappa shape index (κ2) is 2.37. The first-order valence-corrected chi connectivity index (χ1v) is 2.60. The number of rotatable bonds is 1. The van der Waals surface area contributed by atoms with Crippen molar-refractivity contribution in [3.63, 3.8) is 0 Å². The van der Waals surface area contributed by atoms with Crippen LogP contribution < -0.4 is 5.32 Å². The number of hydrogen-bond donors (Lipinski definition) is 1. The van der Waals surface area contributed by atoms with Gasteiger partial charge in [-0.1, -0.05) is 5.92 Å². The van der Waals surface area contributed by atoms with Gasteiger partial charge < -0.3 is 5.32 Å². The van der Waals surface area contributed by atoms with E-state index in [4.69, 9.17) is 6.42 Å². The van der Waals surface area contributed by atoms with Gasteiger partial charge in [0.15, 0.2) is 0 Å². The van der Waals surface area contributed by atoms with Gasteiger partial charge in [-0.25, -0.2) is 0 Å². The molecule has 1 radical (unpaired) electrons. The maximum Gasteiger partial charge on any atom is 0.109 e. The Labute approximate surface area is 49.0 Å². The molecule has 1 N–H and O–H groups in total. The number of nitrogens with zero attached hydrogens (tertiary/aromatic N) is 1. The Morgan fingerprint density at radius 3 is 3.25 bits per heavy atom. The summed E-state index contributed by atoms with van der Waals surface area (Å²) in [5, 5.41) is 3.02. The van der Waals surface area contributed by atoms with E-state index in [1.807, 2.05) is 0 Å². The Bertz CT molecular complexity index is 141. The van der Waals surface area contributed by atoms with Crippen molar-refractivity contribution in [1.29, 1.82) is 0 Å². The molecule has 0 saturated carbocycles. The van der Waals surface area contributed by atoms with Gasteiger partial charge >= 0.3 is 0 Å². The summed E-state index contributed by atoms with van der Waals surface area (Å²) >= 11 is 0. The fraction of sp³-hybridized carbons (Fsp3) is 0.500. The van der Waals surface area contributed by atoms with Gasteiger partial charge in [0.2, 0.25) is 0 Å². The van der Waals surface area contributed by atoms with E-state index >= 15 is 0 Å². The Morgan fingerprint density at radius 1 is 1.88 bits per heavy atom. The average molecular weight is 107 g/mol. The molecular weight excluding hydrogens is 100 g/mol. The number of amidine groups is 1. The van der Waals surface area contributed by atoms with Gasteiger partial charge in [0.1, 0.15) is 5.84 Å². The molecular formula is C6H7N2. The van der Waals surface area contributed by atoms with Crippen LogP contribution in [-0.2, 0) is 0 Å². The first kappa shape index (κ1) is 5.17. The number of aliphatic imine (C=N–C) groups is 1. The molecule has 0 unspecified atom stereocenters. The second-order valence-electron chi connectivity index (χ2n) is 1.61. The Morgan fingerprint density at radius 2 is 2.75 bits per heavy atom. The van der Waals surface area contributed by atoms with Crippen LogP contribution in [0.15, 0.2) is 4.99 Å². The van der Waals surface area contributed by atoms with Crippen LogP contribution in [0.25, 0.3) is 0 Å². The lowest BCUT2D eigenvalue weighted by molar-refractivity contribution is 0.956. The zero-order valence-corrected chi connectivity index (χ0v) is 4.57. The van der Waals surface area contributed by atoms with Gasteiger partial charge in [0.25, 0.3) is 0 Å². The van der Waals surface area contributed by atoms with E-state index < -0.39 is 0 Å². The molecule has 0 fully saturated rings. The standard InChI is InChI=1S/C6H7N2/c1-2-3-6-7-4-5-8-6/h3-5H2,(H,7,8). The predicted molar refractivity (Wildman–Crippen MR) is 32.1 cm³/mol. The van der Waals surface area contributed by atoms with Crippen molar-refractivity contribution in [2.75, 3.05) is 13.1 Å². The third kappa shape index (κ3) is 1.00. The summed E-state index contributed by atoms with van der Waals surface area (Å²) in [5.41, 5.74) is 0. The molecule has 8 heavy (non-hydrogen) atoms. The molecule has 0 aromatic carbocycles. The summed E-state index contributed by atoms with van der Waals surface area (Å²) in [6.45, 7) is 1.79. The summed E-state index contributed by atoms with van der Waals surface area (Å²) in [6.07, 6.45) is 7.14. The van der Waals surface area contributed by atoms with E-state index in [9.17, 15) is 0 Å². The molecule has 41 valence electrons. The van der Waals surface area contributed by atoms with Crippen LogP contribution in [0, 0.1) is 12.3 Å². The van der Waals surface area contributed by atoms with E-state index in [0.29, 0.717) is 6.42 Å². The van der Waals surface area contributed by atoms with Gasteiger partial charge in [-0.05, 0) is 6.42 Å². The normalized spacial score (nSPS) is 16.6. The van der Waals surface area contributed by atoms with Crippen molar-refractivity contribution >= 4 is 5.84 Å². The van der Waals surface area contributed by atoms with Crippen LogP contribution in [-0.4, -0.2) is 18.9 Å². The van der Waals surface area contributed by atoms with Gasteiger partial charge in [-0.3, -0.25) is 4.99 Å². The fourth-order valence-electron chi connectivity index (χ4n) is 0.649. The summed E-state index contributed by atoms with van der Waals surface area (Å²) < 4.78 is 0. The summed E-state index contributed by atoms with van der Waals surface area (Å²) in [5.74, 6) is 3.17. The molecule has 0 amide bonds. The van der Waals surface area contributed by atoms with Gasteiger partial charge in [-0.15, -0.1) is 0 Å². The second-order valence-corrected chi connectivity index (χ2v) is 1.61. The predicted octanol–water partition coefficient (Wildman–Crippen LogP) is -0.0320. The fourth-order valence-corrected chi connectivity index (χ4v) is 0.649. The molecule has 0 bridgehead atoms. The van der Waals surface area contributed by atoms with E-state index in [0.717, 1.165) is 18.9 Å². The molecule has 2 heteroatoms. The highest BCUT2D eigenvalue weighted by Crippen LogP contribution is 1.87. The van der Waals surface area contributed by atoms with Crippen LogP contribution in [0.3, 0.4) is 0 Å². The average Bonchev–Trinajstić information content (AvgIpc) is 2.19. The molecule has 0 atom stereocenters. The molecule has 1 aliphatic rings. The van der Waals surface area contributed by atoms with Crippen LogP contribution in [0.4, 0.5) is 0 Å². The topological polar surface area (TPSA) is 24.4 Å². The largest absolute Gasteiger partial charge is 0.371 e. The maximum atomic E-state index is 6.60. The molecule has 1 rings (SSSR count). The zero-order valence-electron chi connectivity index (χ0n) is 4.57. The third-order valence-electron chi connectivity index (χ3n) is 0.999. The number of hydrogen-bond acceptors (Lipinski definition) is 2. The minimum Gasteiger partial charge on any atom is -0.371 e. The van der Waals surface area contributed by atoms with Gasteiger partial charge in [-0.2, -0.15) is 0 Å². The molecule has 0 aliphatic carbocycles. The molecule has 0 spiro atoms. The highest BCUT2D eigenvalue weighted by Gasteiger charge is 2.00. The summed E-state index contributed by atoms with van der Waals surface area (Å²) in [7, 11) is 0. The maximum absolute atomic E-state index is 6.60. The summed E-state index contributed by atoms with van der Waals surface area (Å²) in [6, 6.07) is 0.